The second kappa shape index (κ2) is 9.71. The van der Waals surface area contributed by atoms with E-state index in [4.69, 9.17) is 4.74 Å². The third-order valence-electron chi connectivity index (χ3n) is 7.06. The molecule has 1 aromatic rings. The maximum atomic E-state index is 14.6. The van der Waals surface area contributed by atoms with Crippen molar-refractivity contribution in [2.75, 3.05) is 6.61 Å². The number of ether oxygens (including phenoxy) is 1. The van der Waals surface area contributed by atoms with Gasteiger partial charge in [-0.2, -0.15) is 0 Å². The molecule has 0 saturated heterocycles. The van der Waals surface area contributed by atoms with Gasteiger partial charge in [0.2, 0.25) is 0 Å². The normalized spacial score (nSPS) is 28.7. The van der Waals surface area contributed by atoms with Gasteiger partial charge in [-0.25, -0.2) is 4.39 Å². The van der Waals surface area contributed by atoms with Gasteiger partial charge in [0.15, 0.2) is 17.9 Å². The summed E-state index contributed by atoms with van der Waals surface area (Å²) in [5, 5.41) is 0. The summed E-state index contributed by atoms with van der Waals surface area (Å²) in [7, 11) is 0. The van der Waals surface area contributed by atoms with E-state index in [1.165, 1.54) is 51.4 Å². The Balaban J connectivity index is 1.59. The summed E-state index contributed by atoms with van der Waals surface area (Å²) in [6.45, 7) is 4.52. The first-order chi connectivity index (χ1) is 13.2. The van der Waals surface area contributed by atoms with Crippen LogP contribution in [-0.2, 0) is 0 Å². The van der Waals surface area contributed by atoms with E-state index in [9.17, 15) is 9.18 Å². The molecule has 0 amide bonds. The van der Waals surface area contributed by atoms with E-state index in [-0.39, 0.29) is 11.3 Å². The third kappa shape index (κ3) is 4.73. The lowest BCUT2D eigenvalue weighted by atomic mass is 9.67. The lowest BCUT2D eigenvalue weighted by Crippen LogP contribution is -2.25. The van der Waals surface area contributed by atoms with Gasteiger partial charge in [0.25, 0.3) is 0 Å². The number of halogens is 1. The Morgan fingerprint density at radius 1 is 1.00 bits per heavy atom. The standard InChI is InChI=1S/C24H35FO2/c1-3-5-17-6-8-18(9-7-17)19-10-12-20(13-11-19)21-14-15-23(27-4-2)24(25)22(21)16-26/h14-20H,3-13H2,1-2H3. The summed E-state index contributed by atoms with van der Waals surface area (Å²) in [5.41, 5.74) is 1.10. The molecule has 2 aliphatic rings. The lowest BCUT2D eigenvalue weighted by molar-refractivity contribution is 0.111. The largest absolute Gasteiger partial charge is 0.491 e. The first kappa shape index (κ1) is 20.4. The molecule has 0 aliphatic heterocycles. The molecule has 0 radical (unpaired) electrons. The van der Waals surface area contributed by atoms with Crippen LogP contribution < -0.4 is 4.74 Å². The Hall–Kier alpha value is -1.38. The SMILES string of the molecule is CCCC1CCC(C2CCC(c3ccc(OCC)c(F)c3C=O)CC2)CC1. The highest BCUT2D eigenvalue weighted by Crippen LogP contribution is 2.45. The van der Waals surface area contributed by atoms with Crippen molar-refractivity contribution in [3.63, 3.8) is 0 Å². The van der Waals surface area contributed by atoms with Crippen LogP contribution in [-0.4, -0.2) is 12.9 Å². The molecule has 0 aromatic heterocycles. The monoisotopic (exact) mass is 374 g/mol. The molecule has 0 heterocycles. The van der Waals surface area contributed by atoms with Gasteiger partial charge >= 0.3 is 0 Å². The molecule has 2 aliphatic carbocycles. The summed E-state index contributed by atoms with van der Waals surface area (Å²) >= 11 is 0. The lowest BCUT2D eigenvalue weighted by Gasteiger charge is -2.38. The number of hydrogen-bond acceptors (Lipinski definition) is 2. The zero-order chi connectivity index (χ0) is 19.2. The van der Waals surface area contributed by atoms with Crippen molar-refractivity contribution in [3.8, 4) is 5.75 Å². The predicted octanol–water partition coefficient (Wildman–Crippen LogP) is 6.92. The van der Waals surface area contributed by atoms with Crippen LogP contribution in [0.2, 0.25) is 0 Å². The molecule has 2 saturated carbocycles. The molecule has 3 heteroatoms. The van der Waals surface area contributed by atoms with Crippen molar-refractivity contribution in [1.29, 1.82) is 0 Å². The molecule has 0 atom stereocenters. The number of carbonyl (C=O) groups excluding carboxylic acids is 1. The maximum Gasteiger partial charge on any atom is 0.175 e. The molecule has 1 aromatic carbocycles. The number of benzene rings is 1. The van der Waals surface area contributed by atoms with Crippen molar-refractivity contribution >= 4 is 6.29 Å². The minimum absolute atomic E-state index is 0.195. The van der Waals surface area contributed by atoms with Gasteiger partial charge in [0.1, 0.15) is 0 Å². The van der Waals surface area contributed by atoms with E-state index in [0.717, 1.165) is 36.2 Å². The van der Waals surface area contributed by atoms with E-state index < -0.39 is 5.82 Å². The summed E-state index contributed by atoms with van der Waals surface area (Å²) in [6.07, 6.45) is 13.6. The fourth-order valence-electron chi connectivity index (χ4n) is 5.59. The van der Waals surface area contributed by atoms with E-state index >= 15 is 0 Å². The quantitative estimate of drug-likeness (QED) is 0.484. The molecule has 0 unspecified atom stereocenters. The number of carbonyl (C=O) groups is 1. The molecule has 27 heavy (non-hydrogen) atoms. The van der Waals surface area contributed by atoms with Crippen molar-refractivity contribution in [2.45, 2.75) is 84.0 Å². The summed E-state index contributed by atoms with van der Waals surface area (Å²) < 4.78 is 19.9. The van der Waals surface area contributed by atoms with E-state index in [2.05, 4.69) is 6.92 Å². The minimum Gasteiger partial charge on any atom is -0.491 e. The fourth-order valence-corrected chi connectivity index (χ4v) is 5.59. The third-order valence-corrected chi connectivity index (χ3v) is 7.06. The summed E-state index contributed by atoms with van der Waals surface area (Å²) in [4.78, 5) is 11.5. The van der Waals surface area contributed by atoms with Crippen molar-refractivity contribution in [3.05, 3.63) is 29.1 Å². The van der Waals surface area contributed by atoms with Gasteiger partial charge < -0.3 is 4.74 Å². The molecular weight excluding hydrogens is 339 g/mol. The molecule has 0 N–H and O–H groups in total. The van der Waals surface area contributed by atoms with E-state index in [0.29, 0.717) is 18.8 Å². The van der Waals surface area contributed by atoms with Crippen LogP contribution in [0.15, 0.2) is 12.1 Å². The molecule has 2 fully saturated rings. The summed E-state index contributed by atoms with van der Waals surface area (Å²) in [6, 6.07) is 3.61. The van der Waals surface area contributed by atoms with Gasteiger partial charge in [0, 0.05) is 0 Å². The second-order valence-electron chi connectivity index (χ2n) is 8.61. The maximum absolute atomic E-state index is 14.6. The average molecular weight is 375 g/mol. The number of hydrogen-bond donors (Lipinski definition) is 0. The highest BCUT2D eigenvalue weighted by Gasteiger charge is 2.32. The van der Waals surface area contributed by atoms with Crippen molar-refractivity contribution in [1.82, 2.24) is 0 Å². The molecule has 0 bridgehead atoms. The van der Waals surface area contributed by atoms with Crippen LogP contribution in [0, 0.1) is 23.6 Å². The Morgan fingerprint density at radius 2 is 1.63 bits per heavy atom. The Morgan fingerprint density at radius 3 is 2.19 bits per heavy atom. The number of aldehydes is 1. The summed E-state index contributed by atoms with van der Waals surface area (Å²) in [5.74, 6) is 2.70. The minimum atomic E-state index is -0.485. The van der Waals surface area contributed by atoms with Crippen LogP contribution in [0.25, 0.3) is 0 Å². The van der Waals surface area contributed by atoms with Crippen LogP contribution in [0.5, 0.6) is 5.75 Å². The topological polar surface area (TPSA) is 26.3 Å². The van der Waals surface area contributed by atoms with Gasteiger partial charge in [-0.1, -0.05) is 38.7 Å². The van der Waals surface area contributed by atoms with Gasteiger partial charge in [-0.3, -0.25) is 4.79 Å². The van der Waals surface area contributed by atoms with Gasteiger partial charge in [-0.15, -0.1) is 0 Å². The van der Waals surface area contributed by atoms with Gasteiger partial charge in [-0.05, 0) is 80.8 Å². The van der Waals surface area contributed by atoms with Crippen LogP contribution >= 0.6 is 0 Å². The van der Waals surface area contributed by atoms with Crippen LogP contribution in [0.3, 0.4) is 0 Å². The smallest absolute Gasteiger partial charge is 0.175 e. The highest BCUT2D eigenvalue weighted by molar-refractivity contribution is 5.79. The zero-order valence-electron chi connectivity index (χ0n) is 17.0. The fraction of sp³-hybridized carbons (Fsp3) is 0.708. The van der Waals surface area contributed by atoms with Crippen molar-refractivity contribution in [2.24, 2.45) is 17.8 Å². The predicted molar refractivity (Wildman–Crippen MR) is 108 cm³/mol. The Bertz CT molecular complexity index is 611. The number of rotatable bonds is 7. The Labute approximate surface area is 163 Å². The van der Waals surface area contributed by atoms with Crippen LogP contribution in [0.1, 0.15) is 99.9 Å². The molecule has 3 rings (SSSR count). The van der Waals surface area contributed by atoms with Gasteiger partial charge in [0.05, 0.1) is 12.2 Å². The zero-order valence-corrected chi connectivity index (χ0v) is 17.0. The molecule has 2 nitrogen and oxygen atoms in total. The first-order valence-corrected chi connectivity index (χ1v) is 11.1. The molecule has 0 spiro atoms. The Kier molecular flexibility index (Phi) is 7.32. The van der Waals surface area contributed by atoms with Crippen molar-refractivity contribution < 1.29 is 13.9 Å². The average Bonchev–Trinajstić information content (AvgIpc) is 2.70. The second-order valence-corrected chi connectivity index (χ2v) is 8.61. The first-order valence-electron chi connectivity index (χ1n) is 11.1. The van der Waals surface area contributed by atoms with E-state index in [1.54, 1.807) is 6.07 Å². The van der Waals surface area contributed by atoms with E-state index in [1.807, 2.05) is 13.0 Å². The highest BCUT2D eigenvalue weighted by atomic mass is 19.1. The molecular formula is C24H35FO2. The van der Waals surface area contributed by atoms with Crippen LogP contribution in [0.4, 0.5) is 4.39 Å². The molecule has 150 valence electrons.